The van der Waals surface area contributed by atoms with E-state index in [0.29, 0.717) is 11.8 Å². The SMILES string of the molecule is O=S(=O)(Nc1ccc2c(c1)CCN2)c1ccc(F)c(F)c1. The summed E-state index contributed by atoms with van der Waals surface area (Å²) in [6.45, 7) is 0.814. The summed E-state index contributed by atoms with van der Waals surface area (Å²) in [5, 5.41) is 3.17. The van der Waals surface area contributed by atoms with E-state index in [4.69, 9.17) is 0 Å². The Bertz CT molecular complexity index is 807. The van der Waals surface area contributed by atoms with Crippen LogP contribution in [0.15, 0.2) is 41.3 Å². The summed E-state index contributed by atoms with van der Waals surface area (Å²) in [4.78, 5) is -0.319. The van der Waals surface area contributed by atoms with E-state index < -0.39 is 21.7 Å². The van der Waals surface area contributed by atoms with Crippen LogP contribution in [0.25, 0.3) is 0 Å². The molecule has 0 aromatic heterocycles. The molecule has 1 aliphatic heterocycles. The Morgan fingerprint density at radius 2 is 1.86 bits per heavy atom. The van der Waals surface area contributed by atoms with E-state index in [2.05, 4.69) is 10.0 Å². The van der Waals surface area contributed by atoms with E-state index in [0.717, 1.165) is 36.3 Å². The lowest BCUT2D eigenvalue weighted by atomic mass is 10.1. The number of fused-ring (bicyclic) bond motifs is 1. The quantitative estimate of drug-likeness (QED) is 0.916. The van der Waals surface area contributed by atoms with E-state index in [1.807, 2.05) is 0 Å². The van der Waals surface area contributed by atoms with Crippen LogP contribution >= 0.6 is 0 Å². The first-order valence-electron chi connectivity index (χ1n) is 6.30. The van der Waals surface area contributed by atoms with Crippen LogP contribution in [0.1, 0.15) is 5.56 Å². The fourth-order valence-electron chi connectivity index (χ4n) is 2.23. The highest BCUT2D eigenvalue weighted by atomic mass is 32.2. The molecule has 0 saturated heterocycles. The van der Waals surface area contributed by atoms with Crippen LogP contribution in [0.2, 0.25) is 0 Å². The van der Waals surface area contributed by atoms with Gasteiger partial charge in [-0.2, -0.15) is 0 Å². The van der Waals surface area contributed by atoms with Gasteiger partial charge in [0.15, 0.2) is 11.6 Å². The second-order valence-electron chi connectivity index (χ2n) is 4.73. The fourth-order valence-corrected chi connectivity index (χ4v) is 3.29. The molecule has 0 bridgehead atoms. The summed E-state index contributed by atoms with van der Waals surface area (Å²) < 4.78 is 52.7. The fraction of sp³-hybridized carbons (Fsp3) is 0.143. The van der Waals surface area contributed by atoms with Gasteiger partial charge in [0.05, 0.1) is 4.90 Å². The molecular formula is C14H12F2N2O2S. The van der Waals surface area contributed by atoms with Gasteiger partial charge < -0.3 is 5.32 Å². The minimum absolute atomic E-state index is 0.319. The predicted molar refractivity (Wildman–Crippen MR) is 75.8 cm³/mol. The molecule has 0 amide bonds. The zero-order chi connectivity index (χ0) is 15.0. The zero-order valence-corrected chi connectivity index (χ0v) is 11.7. The van der Waals surface area contributed by atoms with Crippen molar-refractivity contribution < 1.29 is 17.2 Å². The van der Waals surface area contributed by atoms with Crippen molar-refractivity contribution >= 4 is 21.4 Å². The Balaban J connectivity index is 1.90. The molecular weight excluding hydrogens is 298 g/mol. The monoisotopic (exact) mass is 310 g/mol. The van der Waals surface area contributed by atoms with E-state index in [1.54, 1.807) is 18.2 Å². The van der Waals surface area contributed by atoms with E-state index in [1.165, 1.54) is 0 Å². The first-order valence-corrected chi connectivity index (χ1v) is 7.79. The number of rotatable bonds is 3. The second-order valence-corrected chi connectivity index (χ2v) is 6.41. The van der Waals surface area contributed by atoms with Gasteiger partial charge in [-0.3, -0.25) is 4.72 Å². The maximum atomic E-state index is 13.2. The topological polar surface area (TPSA) is 58.2 Å². The lowest BCUT2D eigenvalue weighted by Gasteiger charge is -2.10. The van der Waals surface area contributed by atoms with Gasteiger partial charge in [-0.05, 0) is 48.4 Å². The second kappa shape index (κ2) is 5.00. The molecule has 0 radical (unpaired) electrons. The van der Waals surface area contributed by atoms with Gasteiger partial charge in [0.2, 0.25) is 0 Å². The van der Waals surface area contributed by atoms with Gasteiger partial charge in [0.1, 0.15) is 0 Å². The first kappa shape index (κ1) is 13.8. The molecule has 1 aliphatic rings. The van der Waals surface area contributed by atoms with Crippen molar-refractivity contribution in [3.63, 3.8) is 0 Å². The molecule has 0 fully saturated rings. The largest absolute Gasteiger partial charge is 0.384 e. The Kier molecular flexibility index (Phi) is 3.29. The molecule has 1 heterocycles. The molecule has 2 N–H and O–H groups in total. The number of nitrogens with one attached hydrogen (secondary N) is 2. The van der Waals surface area contributed by atoms with Gasteiger partial charge in [-0.1, -0.05) is 0 Å². The third-order valence-corrected chi connectivity index (χ3v) is 4.65. The van der Waals surface area contributed by atoms with Crippen molar-refractivity contribution in [1.82, 2.24) is 0 Å². The van der Waals surface area contributed by atoms with Crippen molar-refractivity contribution in [2.45, 2.75) is 11.3 Å². The van der Waals surface area contributed by atoms with Gasteiger partial charge in [0, 0.05) is 17.9 Å². The van der Waals surface area contributed by atoms with Crippen LogP contribution in [0.4, 0.5) is 20.2 Å². The molecule has 0 atom stereocenters. The molecule has 0 unspecified atom stereocenters. The molecule has 3 rings (SSSR count). The van der Waals surface area contributed by atoms with E-state index in [9.17, 15) is 17.2 Å². The molecule has 7 heteroatoms. The lowest BCUT2D eigenvalue weighted by molar-refractivity contribution is 0.504. The highest BCUT2D eigenvalue weighted by molar-refractivity contribution is 7.92. The highest BCUT2D eigenvalue weighted by Gasteiger charge is 2.18. The Hall–Kier alpha value is -2.15. The summed E-state index contributed by atoms with van der Waals surface area (Å²) in [5.41, 5.74) is 2.38. The molecule has 0 saturated carbocycles. The van der Waals surface area contributed by atoms with Crippen LogP contribution < -0.4 is 10.0 Å². The van der Waals surface area contributed by atoms with Gasteiger partial charge in [-0.15, -0.1) is 0 Å². The van der Waals surface area contributed by atoms with E-state index in [-0.39, 0.29) is 4.90 Å². The van der Waals surface area contributed by atoms with Crippen LogP contribution in [0.3, 0.4) is 0 Å². The van der Waals surface area contributed by atoms with Gasteiger partial charge in [-0.25, -0.2) is 17.2 Å². The summed E-state index contributed by atoms with van der Waals surface area (Å²) in [7, 11) is -3.95. The molecule has 110 valence electrons. The van der Waals surface area contributed by atoms with Crippen LogP contribution in [0, 0.1) is 11.6 Å². The smallest absolute Gasteiger partial charge is 0.261 e. The van der Waals surface area contributed by atoms with Crippen molar-refractivity contribution in [3.05, 3.63) is 53.6 Å². The number of halogens is 2. The zero-order valence-electron chi connectivity index (χ0n) is 10.9. The maximum Gasteiger partial charge on any atom is 0.261 e. The minimum Gasteiger partial charge on any atom is -0.384 e. The predicted octanol–water partition coefficient (Wildman–Crippen LogP) is 2.73. The minimum atomic E-state index is -3.95. The summed E-state index contributed by atoms with van der Waals surface area (Å²) in [6, 6.07) is 7.60. The normalized spacial score (nSPS) is 13.6. The Morgan fingerprint density at radius 1 is 1.05 bits per heavy atom. The summed E-state index contributed by atoms with van der Waals surface area (Å²) >= 11 is 0. The molecule has 4 nitrogen and oxygen atoms in total. The average molecular weight is 310 g/mol. The number of anilines is 2. The average Bonchev–Trinajstić information content (AvgIpc) is 2.88. The van der Waals surface area contributed by atoms with Crippen molar-refractivity contribution in [2.24, 2.45) is 0 Å². The number of hydrogen-bond donors (Lipinski definition) is 2. The van der Waals surface area contributed by atoms with E-state index >= 15 is 0 Å². The molecule has 0 spiro atoms. The molecule has 0 aliphatic carbocycles. The van der Waals surface area contributed by atoms with Crippen LogP contribution in [-0.2, 0) is 16.4 Å². The Morgan fingerprint density at radius 3 is 2.62 bits per heavy atom. The standard InChI is InChI=1S/C14H12F2N2O2S/c15-12-3-2-11(8-13(12)16)21(19,20)18-10-1-4-14-9(7-10)5-6-17-14/h1-4,7-8,17-18H,5-6H2. The number of sulfonamides is 1. The summed E-state index contributed by atoms with van der Waals surface area (Å²) in [6.07, 6.45) is 0.816. The van der Waals surface area contributed by atoms with Gasteiger partial charge >= 0.3 is 0 Å². The lowest BCUT2D eigenvalue weighted by Crippen LogP contribution is -2.13. The third-order valence-electron chi connectivity index (χ3n) is 3.27. The first-order chi connectivity index (χ1) is 9.95. The third kappa shape index (κ3) is 2.69. The molecule has 2 aromatic carbocycles. The van der Waals surface area contributed by atoms with Crippen molar-refractivity contribution in [1.29, 1.82) is 0 Å². The maximum absolute atomic E-state index is 13.2. The highest BCUT2D eigenvalue weighted by Crippen LogP contribution is 2.26. The van der Waals surface area contributed by atoms with Gasteiger partial charge in [0.25, 0.3) is 10.0 Å². The number of hydrogen-bond acceptors (Lipinski definition) is 3. The molecule has 21 heavy (non-hydrogen) atoms. The molecule has 2 aromatic rings. The number of benzene rings is 2. The van der Waals surface area contributed by atoms with Crippen LogP contribution in [-0.4, -0.2) is 15.0 Å². The van der Waals surface area contributed by atoms with Crippen LogP contribution in [0.5, 0.6) is 0 Å². The summed E-state index contributed by atoms with van der Waals surface area (Å²) in [5.74, 6) is -2.28. The van der Waals surface area contributed by atoms with Crippen molar-refractivity contribution in [2.75, 3.05) is 16.6 Å². The van der Waals surface area contributed by atoms with Crippen molar-refractivity contribution in [3.8, 4) is 0 Å². The Labute approximate surface area is 120 Å².